The lowest BCUT2D eigenvalue weighted by Crippen LogP contribution is -2.44. The summed E-state index contributed by atoms with van der Waals surface area (Å²) in [5, 5.41) is 4.69. The van der Waals surface area contributed by atoms with Crippen LogP contribution in [0.4, 0.5) is 17.8 Å². The van der Waals surface area contributed by atoms with Crippen molar-refractivity contribution >= 4 is 29.7 Å². The number of rotatable bonds is 5. The van der Waals surface area contributed by atoms with E-state index >= 15 is 0 Å². The van der Waals surface area contributed by atoms with E-state index in [2.05, 4.69) is 33.4 Å². The molecular formula is C15H13N7O2. The third-order valence-electron chi connectivity index (χ3n) is 3.24. The van der Waals surface area contributed by atoms with Gasteiger partial charge in [0.15, 0.2) is 0 Å². The van der Waals surface area contributed by atoms with Gasteiger partial charge in [0.1, 0.15) is 0 Å². The number of nitrogens with two attached hydrogens (primary N) is 1. The average molecular weight is 323 g/mol. The Kier molecular flexibility index (Phi) is 3.66. The van der Waals surface area contributed by atoms with Crippen LogP contribution >= 0.6 is 0 Å². The number of imide groups is 1. The summed E-state index contributed by atoms with van der Waals surface area (Å²) < 4.78 is 0. The number of hydrogen-bond acceptors (Lipinski definition) is 8. The molecule has 1 aliphatic rings. The van der Waals surface area contributed by atoms with E-state index < -0.39 is 11.8 Å². The Balaban J connectivity index is 2.05. The van der Waals surface area contributed by atoms with Gasteiger partial charge in [-0.25, -0.2) is 5.01 Å². The molecule has 1 aromatic heterocycles. The fourth-order valence-corrected chi connectivity index (χ4v) is 2.26. The number of benzene rings is 1. The molecule has 0 saturated heterocycles. The zero-order valence-corrected chi connectivity index (χ0v) is 12.5. The number of nitrogens with zero attached hydrogens (tertiary/aromatic N) is 5. The van der Waals surface area contributed by atoms with Crippen LogP contribution in [0.5, 0.6) is 0 Å². The first kappa shape index (κ1) is 15.2. The van der Waals surface area contributed by atoms with E-state index in [0.29, 0.717) is 11.1 Å². The number of amides is 2. The van der Waals surface area contributed by atoms with Crippen LogP contribution in [0.2, 0.25) is 0 Å². The van der Waals surface area contributed by atoms with Crippen molar-refractivity contribution in [3.63, 3.8) is 0 Å². The van der Waals surface area contributed by atoms with Gasteiger partial charge < -0.3 is 11.1 Å². The van der Waals surface area contributed by atoms with Gasteiger partial charge >= 0.3 is 0 Å². The number of carbonyl (C=O) groups is 2. The van der Waals surface area contributed by atoms with Crippen LogP contribution in [0.15, 0.2) is 49.8 Å². The predicted octanol–water partition coefficient (Wildman–Crippen LogP) is 1.17. The topological polar surface area (TPSA) is 117 Å². The summed E-state index contributed by atoms with van der Waals surface area (Å²) in [4.78, 5) is 37.0. The zero-order valence-electron chi connectivity index (χ0n) is 12.5. The standard InChI is InChI=1S/C15H13N7O2/c1-3-17-14-18-13(16)19-15(20-14)21(4-2)22-11(23)9-7-5-6-8-10(9)12(22)24/h3-8H,1-2H2,(H3,16,17,18,19,20). The van der Waals surface area contributed by atoms with Crippen molar-refractivity contribution in [2.75, 3.05) is 16.1 Å². The molecule has 9 nitrogen and oxygen atoms in total. The second-order valence-corrected chi connectivity index (χ2v) is 4.66. The minimum Gasteiger partial charge on any atom is -0.368 e. The van der Waals surface area contributed by atoms with Crippen molar-refractivity contribution < 1.29 is 9.59 Å². The number of nitrogens with one attached hydrogen (secondary N) is 1. The molecule has 0 radical (unpaired) electrons. The molecule has 1 aromatic carbocycles. The van der Waals surface area contributed by atoms with Gasteiger partial charge in [-0.1, -0.05) is 25.3 Å². The first-order valence-electron chi connectivity index (χ1n) is 6.85. The SMILES string of the molecule is C=CNc1nc(N)nc(N(C=C)N2C(=O)c3ccccc3C2=O)n1. The highest BCUT2D eigenvalue weighted by Crippen LogP contribution is 2.26. The number of hydrogen-bond donors (Lipinski definition) is 2. The molecule has 0 spiro atoms. The van der Waals surface area contributed by atoms with Gasteiger partial charge in [-0.2, -0.15) is 20.0 Å². The normalized spacial score (nSPS) is 12.8. The number of carbonyl (C=O) groups excluding carboxylic acids is 2. The van der Waals surface area contributed by atoms with Gasteiger partial charge in [0.05, 0.1) is 11.1 Å². The highest BCUT2D eigenvalue weighted by atomic mass is 16.2. The molecule has 120 valence electrons. The highest BCUT2D eigenvalue weighted by Gasteiger charge is 2.39. The maximum atomic E-state index is 12.6. The molecule has 0 saturated carbocycles. The summed E-state index contributed by atoms with van der Waals surface area (Å²) in [6.45, 7) is 7.12. The second kappa shape index (κ2) is 5.80. The van der Waals surface area contributed by atoms with E-state index in [1.807, 2.05) is 0 Å². The van der Waals surface area contributed by atoms with Crippen LogP contribution in [-0.4, -0.2) is 31.8 Å². The lowest BCUT2D eigenvalue weighted by Gasteiger charge is -2.26. The summed E-state index contributed by atoms with van der Waals surface area (Å²) in [7, 11) is 0. The van der Waals surface area contributed by atoms with Crippen LogP contribution < -0.4 is 16.1 Å². The molecule has 9 heteroatoms. The molecular weight excluding hydrogens is 310 g/mol. The Bertz CT molecular complexity index is 830. The quantitative estimate of drug-likeness (QED) is 0.787. The molecule has 1 aliphatic heterocycles. The third-order valence-corrected chi connectivity index (χ3v) is 3.24. The number of nitrogen functional groups attached to an aromatic ring is 1. The maximum absolute atomic E-state index is 12.6. The Morgan fingerprint density at radius 1 is 1.08 bits per heavy atom. The van der Waals surface area contributed by atoms with Crippen LogP contribution in [0.3, 0.4) is 0 Å². The third kappa shape index (κ3) is 2.33. The van der Waals surface area contributed by atoms with Gasteiger partial charge in [-0.05, 0) is 18.3 Å². The molecule has 2 heterocycles. The molecule has 2 amide bonds. The van der Waals surface area contributed by atoms with Crippen molar-refractivity contribution in [1.29, 1.82) is 0 Å². The van der Waals surface area contributed by atoms with Gasteiger partial charge in [-0.15, -0.1) is 0 Å². The van der Waals surface area contributed by atoms with Crippen LogP contribution in [0, 0.1) is 0 Å². The van der Waals surface area contributed by atoms with E-state index in [0.717, 1.165) is 10.0 Å². The summed E-state index contributed by atoms with van der Waals surface area (Å²) in [6, 6.07) is 6.50. The number of anilines is 3. The minimum atomic E-state index is -0.507. The average Bonchev–Trinajstić information content (AvgIpc) is 2.81. The Labute approximate surface area is 137 Å². The lowest BCUT2D eigenvalue weighted by atomic mass is 10.1. The van der Waals surface area contributed by atoms with Gasteiger partial charge in [0.25, 0.3) is 17.8 Å². The van der Waals surface area contributed by atoms with E-state index in [9.17, 15) is 9.59 Å². The molecule has 0 aliphatic carbocycles. The van der Waals surface area contributed by atoms with E-state index in [4.69, 9.17) is 5.73 Å². The van der Waals surface area contributed by atoms with Crippen molar-refractivity contribution in [3.8, 4) is 0 Å². The molecule has 3 N–H and O–H groups in total. The first-order chi connectivity index (χ1) is 11.6. The molecule has 0 bridgehead atoms. The Hall–Kier alpha value is -3.75. The summed E-state index contributed by atoms with van der Waals surface area (Å²) in [5.41, 5.74) is 6.23. The van der Waals surface area contributed by atoms with Gasteiger partial charge in [0, 0.05) is 6.20 Å². The van der Waals surface area contributed by atoms with Crippen LogP contribution in [-0.2, 0) is 0 Å². The molecule has 3 rings (SSSR count). The summed E-state index contributed by atoms with van der Waals surface area (Å²) in [5.74, 6) is -1.01. The summed E-state index contributed by atoms with van der Waals surface area (Å²) in [6.07, 6.45) is 2.60. The fourth-order valence-electron chi connectivity index (χ4n) is 2.26. The van der Waals surface area contributed by atoms with Gasteiger partial charge in [-0.3, -0.25) is 9.59 Å². The molecule has 0 atom stereocenters. The molecule has 24 heavy (non-hydrogen) atoms. The molecule has 2 aromatic rings. The minimum absolute atomic E-state index is 0.0312. The maximum Gasteiger partial charge on any atom is 0.281 e. The van der Waals surface area contributed by atoms with Crippen molar-refractivity contribution in [1.82, 2.24) is 20.0 Å². The fraction of sp³-hybridized carbons (Fsp3) is 0. The Morgan fingerprint density at radius 3 is 2.25 bits per heavy atom. The number of aromatic nitrogens is 3. The molecule has 0 fully saturated rings. The first-order valence-corrected chi connectivity index (χ1v) is 6.85. The van der Waals surface area contributed by atoms with E-state index in [1.54, 1.807) is 24.3 Å². The van der Waals surface area contributed by atoms with Gasteiger partial charge in [0.2, 0.25) is 11.9 Å². The largest absolute Gasteiger partial charge is 0.368 e. The van der Waals surface area contributed by atoms with Crippen molar-refractivity contribution in [3.05, 3.63) is 61.0 Å². The van der Waals surface area contributed by atoms with E-state index in [1.165, 1.54) is 12.4 Å². The smallest absolute Gasteiger partial charge is 0.281 e. The van der Waals surface area contributed by atoms with E-state index in [-0.39, 0.29) is 17.8 Å². The van der Waals surface area contributed by atoms with Crippen molar-refractivity contribution in [2.24, 2.45) is 0 Å². The zero-order chi connectivity index (χ0) is 17.3. The highest BCUT2D eigenvalue weighted by molar-refractivity contribution is 6.22. The molecule has 0 unspecified atom stereocenters. The number of fused-ring (bicyclic) bond motifs is 1. The van der Waals surface area contributed by atoms with Crippen LogP contribution in [0.1, 0.15) is 20.7 Å². The predicted molar refractivity (Wildman–Crippen MR) is 87.7 cm³/mol. The Morgan fingerprint density at radius 2 is 1.71 bits per heavy atom. The summed E-state index contributed by atoms with van der Waals surface area (Å²) >= 11 is 0. The monoisotopic (exact) mass is 323 g/mol. The number of hydrazine groups is 1. The van der Waals surface area contributed by atoms with Crippen molar-refractivity contribution in [2.45, 2.75) is 0 Å². The second-order valence-electron chi connectivity index (χ2n) is 4.66. The lowest BCUT2D eigenvalue weighted by molar-refractivity contribution is 0.0649. The van der Waals surface area contributed by atoms with Crippen LogP contribution in [0.25, 0.3) is 0 Å².